The van der Waals surface area contributed by atoms with Gasteiger partial charge >= 0.3 is 0 Å². The van der Waals surface area contributed by atoms with Gasteiger partial charge in [-0.3, -0.25) is 4.79 Å². The van der Waals surface area contributed by atoms with Crippen LogP contribution in [0.2, 0.25) is 0 Å². The quantitative estimate of drug-likeness (QED) is 0.833. The molecular formula is C16H18FNO2. The second kappa shape index (κ2) is 7.06. The molecule has 1 amide bonds. The number of hydrogen-bond acceptors (Lipinski definition) is 2. The summed E-state index contributed by atoms with van der Waals surface area (Å²) in [5.41, 5.74) is 0.883. The number of rotatable bonds is 3. The van der Waals surface area contributed by atoms with Crippen molar-refractivity contribution in [2.45, 2.75) is 32.1 Å². The highest BCUT2D eigenvalue weighted by atomic mass is 19.1. The molecule has 0 spiro atoms. The molecule has 1 aromatic rings. The smallest absolute Gasteiger partial charge is 0.224 e. The lowest BCUT2D eigenvalue weighted by Crippen LogP contribution is -2.16. The van der Waals surface area contributed by atoms with E-state index in [9.17, 15) is 9.18 Å². The van der Waals surface area contributed by atoms with Crippen molar-refractivity contribution >= 4 is 11.6 Å². The number of carbonyl (C=O) groups is 1. The molecule has 106 valence electrons. The summed E-state index contributed by atoms with van der Waals surface area (Å²) in [5, 5.41) is 11.5. The van der Waals surface area contributed by atoms with Gasteiger partial charge in [-0.15, -0.1) is 0 Å². The zero-order valence-corrected chi connectivity index (χ0v) is 11.3. The molecule has 20 heavy (non-hydrogen) atoms. The minimum absolute atomic E-state index is 0.0597. The van der Waals surface area contributed by atoms with E-state index in [1.54, 1.807) is 0 Å². The second-order valence-corrected chi connectivity index (χ2v) is 5.05. The average Bonchev–Trinajstić information content (AvgIpc) is 2.91. The number of halogens is 1. The summed E-state index contributed by atoms with van der Waals surface area (Å²) < 4.78 is 13.2. The van der Waals surface area contributed by atoms with Crippen molar-refractivity contribution in [1.82, 2.24) is 0 Å². The standard InChI is InChI=1S/C16H18FNO2/c17-14-7-8-15(13(11-14)6-3-9-19)18-16(20)10-12-4-1-2-5-12/h7-8,11-12,19H,1-2,4-5,9-10H2,(H,18,20). The van der Waals surface area contributed by atoms with Crippen LogP contribution < -0.4 is 5.32 Å². The Morgan fingerprint density at radius 2 is 2.15 bits per heavy atom. The minimum atomic E-state index is -0.416. The van der Waals surface area contributed by atoms with Gasteiger partial charge in [0.25, 0.3) is 0 Å². The van der Waals surface area contributed by atoms with E-state index in [0.717, 1.165) is 12.8 Å². The Labute approximate surface area is 118 Å². The molecule has 2 rings (SSSR count). The summed E-state index contributed by atoms with van der Waals surface area (Å²) in [6.45, 7) is -0.300. The molecule has 2 N–H and O–H groups in total. The van der Waals surface area contributed by atoms with Gasteiger partial charge in [-0.05, 0) is 37.0 Å². The summed E-state index contributed by atoms with van der Waals surface area (Å²) in [4.78, 5) is 12.0. The highest BCUT2D eigenvalue weighted by Gasteiger charge is 2.18. The lowest BCUT2D eigenvalue weighted by molar-refractivity contribution is -0.117. The predicted octanol–water partition coefficient (Wildman–Crippen LogP) is 2.69. The van der Waals surface area contributed by atoms with Crippen molar-refractivity contribution < 1.29 is 14.3 Å². The summed E-state index contributed by atoms with van der Waals surface area (Å²) >= 11 is 0. The fraction of sp³-hybridized carbons (Fsp3) is 0.438. The van der Waals surface area contributed by atoms with Crippen LogP contribution in [-0.4, -0.2) is 17.6 Å². The van der Waals surface area contributed by atoms with Crippen molar-refractivity contribution in [3.63, 3.8) is 0 Å². The van der Waals surface area contributed by atoms with Crippen LogP contribution in [0.15, 0.2) is 18.2 Å². The maximum atomic E-state index is 13.2. The number of anilines is 1. The second-order valence-electron chi connectivity index (χ2n) is 5.05. The lowest BCUT2D eigenvalue weighted by atomic mass is 10.0. The van der Waals surface area contributed by atoms with Crippen LogP contribution >= 0.6 is 0 Å². The molecule has 0 aromatic heterocycles. The van der Waals surface area contributed by atoms with Crippen LogP contribution in [0.3, 0.4) is 0 Å². The maximum Gasteiger partial charge on any atom is 0.224 e. The first-order valence-electron chi connectivity index (χ1n) is 6.88. The molecule has 4 heteroatoms. The van der Waals surface area contributed by atoms with E-state index in [1.807, 2.05) is 0 Å². The van der Waals surface area contributed by atoms with Gasteiger partial charge < -0.3 is 10.4 Å². The van der Waals surface area contributed by atoms with Crippen molar-refractivity contribution in [2.24, 2.45) is 5.92 Å². The maximum absolute atomic E-state index is 13.2. The van der Waals surface area contributed by atoms with Crippen LogP contribution in [0.4, 0.5) is 10.1 Å². The number of aliphatic hydroxyl groups excluding tert-OH is 1. The first-order valence-corrected chi connectivity index (χ1v) is 6.88. The van der Waals surface area contributed by atoms with Crippen molar-refractivity contribution in [2.75, 3.05) is 11.9 Å². The predicted molar refractivity (Wildman–Crippen MR) is 75.6 cm³/mol. The monoisotopic (exact) mass is 275 g/mol. The third-order valence-electron chi connectivity index (χ3n) is 3.51. The lowest BCUT2D eigenvalue weighted by Gasteiger charge is -2.11. The molecule has 1 saturated carbocycles. The van der Waals surface area contributed by atoms with Gasteiger partial charge in [0.1, 0.15) is 12.4 Å². The Balaban J connectivity index is 2.05. The molecule has 3 nitrogen and oxygen atoms in total. The third-order valence-corrected chi connectivity index (χ3v) is 3.51. The Hall–Kier alpha value is -1.86. The molecule has 0 heterocycles. The molecule has 0 radical (unpaired) electrons. The summed E-state index contributed by atoms with van der Waals surface area (Å²) in [6.07, 6.45) is 5.11. The Bertz CT molecular complexity index is 539. The summed E-state index contributed by atoms with van der Waals surface area (Å²) in [6, 6.07) is 4.05. The zero-order chi connectivity index (χ0) is 14.4. The van der Waals surface area contributed by atoms with Crippen LogP contribution in [0.5, 0.6) is 0 Å². The molecule has 0 bridgehead atoms. The number of amides is 1. The van der Waals surface area contributed by atoms with E-state index >= 15 is 0 Å². The molecule has 1 aromatic carbocycles. The van der Waals surface area contributed by atoms with Crippen LogP contribution in [0, 0.1) is 23.6 Å². The van der Waals surface area contributed by atoms with Crippen molar-refractivity contribution in [3.8, 4) is 11.8 Å². The number of hydrogen-bond donors (Lipinski definition) is 2. The van der Waals surface area contributed by atoms with E-state index in [0.29, 0.717) is 23.6 Å². The van der Waals surface area contributed by atoms with Crippen molar-refractivity contribution in [1.29, 1.82) is 0 Å². The molecule has 0 saturated heterocycles. The van der Waals surface area contributed by atoms with E-state index < -0.39 is 5.82 Å². The number of benzene rings is 1. The fourth-order valence-electron chi connectivity index (χ4n) is 2.54. The van der Waals surface area contributed by atoms with Gasteiger partial charge in [0, 0.05) is 6.42 Å². The van der Waals surface area contributed by atoms with Gasteiger partial charge in [0.2, 0.25) is 5.91 Å². The average molecular weight is 275 g/mol. The largest absolute Gasteiger partial charge is 0.384 e. The summed E-state index contributed by atoms with van der Waals surface area (Å²) in [5.74, 6) is 5.10. The first kappa shape index (κ1) is 14.5. The normalized spacial score (nSPS) is 14.7. The molecule has 1 aliphatic rings. The zero-order valence-electron chi connectivity index (χ0n) is 11.3. The van der Waals surface area contributed by atoms with Gasteiger partial charge in [-0.1, -0.05) is 24.7 Å². The molecule has 1 fully saturated rings. The minimum Gasteiger partial charge on any atom is -0.384 e. The topological polar surface area (TPSA) is 49.3 Å². The van der Waals surface area contributed by atoms with Gasteiger partial charge in [0.15, 0.2) is 0 Å². The summed E-state index contributed by atoms with van der Waals surface area (Å²) in [7, 11) is 0. The van der Waals surface area contributed by atoms with Crippen molar-refractivity contribution in [3.05, 3.63) is 29.6 Å². The van der Waals surface area contributed by atoms with Gasteiger partial charge in [0.05, 0.1) is 11.3 Å². The highest BCUT2D eigenvalue weighted by molar-refractivity contribution is 5.92. The highest BCUT2D eigenvalue weighted by Crippen LogP contribution is 2.28. The Morgan fingerprint density at radius 1 is 1.40 bits per heavy atom. The molecule has 1 aliphatic carbocycles. The van der Waals surface area contributed by atoms with Crippen LogP contribution in [0.1, 0.15) is 37.7 Å². The Morgan fingerprint density at radius 3 is 2.85 bits per heavy atom. The molecule has 0 unspecified atom stereocenters. The molecule has 0 aliphatic heterocycles. The molecular weight excluding hydrogens is 257 g/mol. The number of carbonyl (C=O) groups excluding carboxylic acids is 1. The van der Waals surface area contributed by atoms with Crippen LogP contribution in [-0.2, 0) is 4.79 Å². The fourth-order valence-corrected chi connectivity index (χ4v) is 2.54. The molecule has 0 atom stereocenters. The van der Waals surface area contributed by atoms with E-state index in [4.69, 9.17) is 5.11 Å². The first-order chi connectivity index (χ1) is 9.69. The van der Waals surface area contributed by atoms with Crippen LogP contribution in [0.25, 0.3) is 0 Å². The van der Waals surface area contributed by atoms with Gasteiger partial charge in [-0.25, -0.2) is 4.39 Å². The Kier molecular flexibility index (Phi) is 5.14. The third kappa shape index (κ3) is 4.07. The van der Waals surface area contributed by atoms with E-state index in [1.165, 1.54) is 31.0 Å². The number of aliphatic hydroxyl groups is 1. The van der Waals surface area contributed by atoms with Gasteiger partial charge in [-0.2, -0.15) is 0 Å². The van der Waals surface area contributed by atoms with E-state index in [2.05, 4.69) is 17.2 Å². The van der Waals surface area contributed by atoms with E-state index in [-0.39, 0.29) is 12.5 Å². The SMILES string of the molecule is O=C(CC1CCCC1)Nc1ccc(F)cc1C#CCO. The number of nitrogens with one attached hydrogen (secondary N) is 1.